The maximum absolute atomic E-state index is 12.9. The first-order valence-electron chi connectivity index (χ1n) is 5.48. The topological polar surface area (TPSA) is 38.7 Å². The molecule has 1 aromatic rings. The molecule has 0 radical (unpaired) electrons. The Morgan fingerprint density at radius 3 is 2.06 bits per heavy atom. The average Bonchev–Trinajstić information content (AvgIpc) is 2.33. The predicted molar refractivity (Wildman–Crippen MR) is 67.5 cm³/mol. The van der Waals surface area contributed by atoms with Crippen molar-refractivity contribution in [3.05, 3.63) is 35.6 Å². The van der Waals surface area contributed by atoms with Crippen LogP contribution in [0.3, 0.4) is 0 Å². The molecular formula is C13H23FO3. The maximum Gasteiger partial charge on any atom is 0.129 e. The SMILES string of the molecule is CC.COC.COCC(O)c1ccccc1F. The van der Waals surface area contributed by atoms with Crippen molar-refractivity contribution in [1.82, 2.24) is 0 Å². The van der Waals surface area contributed by atoms with Crippen molar-refractivity contribution in [2.24, 2.45) is 0 Å². The summed E-state index contributed by atoms with van der Waals surface area (Å²) in [7, 11) is 4.71. The summed E-state index contributed by atoms with van der Waals surface area (Å²) in [6.45, 7) is 4.11. The lowest BCUT2D eigenvalue weighted by atomic mass is 10.1. The molecule has 1 rings (SSSR count). The summed E-state index contributed by atoms with van der Waals surface area (Å²) >= 11 is 0. The van der Waals surface area contributed by atoms with E-state index in [-0.39, 0.29) is 12.2 Å². The first-order chi connectivity index (χ1) is 8.17. The third kappa shape index (κ3) is 8.80. The van der Waals surface area contributed by atoms with Gasteiger partial charge in [0.1, 0.15) is 11.9 Å². The van der Waals surface area contributed by atoms with E-state index in [2.05, 4.69) is 4.74 Å². The van der Waals surface area contributed by atoms with Crippen LogP contribution in [0.2, 0.25) is 0 Å². The van der Waals surface area contributed by atoms with Crippen LogP contribution in [0.25, 0.3) is 0 Å². The van der Waals surface area contributed by atoms with Gasteiger partial charge in [-0.1, -0.05) is 32.0 Å². The third-order valence-electron chi connectivity index (χ3n) is 1.59. The molecule has 4 heteroatoms. The predicted octanol–water partition coefficient (Wildman–Crippen LogP) is 2.79. The van der Waals surface area contributed by atoms with Crippen LogP contribution < -0.4 is 0 Å². The number of aliphatic hydroxyl groups excluding tert-OH is 1. The van der Waals surface area contributed by atoms with Crippen LogP contribution in [-0.4, -0.2) is 33.0 Å². The number of aliphatic hydroxyl groups is 1. The first-order valence-corrected chi connectivity index (χ1v) is 5.48. The highest BCUT2D eigenvalue weighted by Gasteiger charge is 2.10. The van der Waals surface area contributed by atoms with E-state index >= 15 is 0 Å². The molecule has 0 spiro atoms. The van der Waals surface area contributed by atoms with E-state index in [4.69, 9.17) is 4.74 Å². The number of hydrogen-bond donors (Lipinski definition) is 1. The highest BCUT2D eigenvalue weighted by molar-refractivity contribution is 5.19. The second kappa shape index (κ2) is 13.1. The molecule has 3 nitrogen and oxygen atoms in total. The zero-order valence-electron chi connectivity index (χ0n) is 11.2. The molecule has 1 aromatic carbocycles. The second-order valence-corrected chi connectivity index (χ2v) is 2.90. The number of rotatable bonds is 3. The fourth-order valence-electron chi connectivity index (χ4n) is 0.993. The van der Waals surface area contributed by atoms with Crippen molar-refractivity contribution in [2.75, 3.05) is 27.9 Å². The summed E-state index contributed by atoms with van der Waals surface area (Å²) in [6.07, 6.45) is -0.879. The van der Waals surface area contributed by atoms with Gasteiger partial charge >= 0.3 is 0 Å². The van der Waals surface area contributed by atoms with Gasteiger partial charge in [-0.25, -0.2) is 4.39 Å². The van der Waals surface area contributed by atoms with Crippen molar-refractivity contribution < 1.29 is 19.0 Å². The molecule has 0 aliphatic rings. The average molecular weight is 246 g/mol. The summed E-state index contributed by atoms with van der Waals surface area (Å²) in [5, 5.41) is 9.34. The zero-order chi connectivity index (χ0) is 13.7. The smallest absolute Gasteiger partial charge is 0.129 e. The van der Waals surface area contributed by atoms with E-state index in [0.29, 0.717) is 0 Å². The quantitative estimate of drug-likeness (QED) is 0.891. The summed E-state index contributed by atoms with van der Waals surface area (Å²) in [4.78, 5) is 0. The van der Waals surface area contributed by atoms with Crippen molar-refractivity contribution in [3.63, 3.8) is 0 Å². The van der Waals surface area contributed by atoms with Crippen molar-refractivity contribution in [2.45, 2.75) is 20.0 Å². The van der Waals surface area contributed by atoms with E-state index in [1.54, 1.807) is 32.4 Å². The lowest BCUT2D eigenvalue weighted by molar-refractivity contribution is 0.0621. The van der Waals surface area contributed by atoms with Crippen LogP contribution in [0.5, 0.6) is 0 Å². The normalized spacial score (nSPS) is 10.5. The summed E-state index contributed by atoms with van der Waals surface area (Å²) in [6, 6.07) is 6.11. The van der Waals surface area contributed by atoms with Crippen molar-refractivity contribution in [3.8, 4) is 0 Å². The van der Waals surface area contributed by atoms with E-state index < -0.39 is 11.9 Å². The Morgan fingerprint density at radius 2 is 1.65 bits per heavy atom. The highest BCUT2D eigenvalue weighted by Crippen LogP contribution is 2.16. The minimum absolute atomic E-state index is 0.112. The van der Waals surface area contributed by atoms with Gasteiger partial charge < -0.3 is 14.6 Å². The van der Waals surface area contributed by atoms with E-state index in [1.165, 1.54) is 13.2 Å². The lowest BCUT2D eigenvalue weighted by Crippen LogP contribution is -2.06. The van der Waals surface area contributed by atoms with E-state index in [0.717, 1.165) is 0 Å². The molecule has 0 aliphatic carbocycles. The Kier molecular flexibility index (Phi) is 14.2. The van der Waals surface area contributed by atoms with E-state index in [9.17, 15) is 9.50 Å². The van der Waals surface area contributed by atoms with Gasteiger partial charge in [-0.05, 0) is 6.07 Å². The minimum atomic E-state index is -0.879. The Balaban J connectivity index is 0. The fraction of sp³-hybridized carbons (Fsp3) is 0.538. The van der Waals surface area contributed by atoms with Crippen molar-refractivity contribution >= 4 is 0 Å². The maximum atomic E-state index is 12.9. The molecule has 0 amide bonds. The lowest BCUT2D eigenvalue weighted by Gasteiger charge is -2.09. The van der Waals surface area contributed by atoms with Crippen LogP contribution >= 0.6 is 0 Å². The van der Waals surface area contributed by atoms with Gasteiger partial charge in [0.2, 0.25) is 0 Å². The number of methoxy groups -OCH3 is 2. The Hall–Kier alpha value is -0.970. The van der Waals surface area contributed by atoms with Gasteiger partial charge in [-0.3, -0.25) is 0 Å². The molecule has 0 aromatic heterocycles. The summed E-state index contributed by atoms with van der Waals surface area (Å²) in [5.74, 6) is -0.401. The summed E-state index contributed by atoms with van der Waals surface area (Å²) in [5.41, 5.74) is 0.277. The number of benzene rings is 1. The van der Waals surface area contributed by atoms with Gasteiger partial charge in [0.05, 0.1) is 6.61 Å². The molecule has 0 saturated heterocycles. The summed E-state index contributed by atoms with van der Waals surface area (Å²) < 4.78 is 21.9. The molecule has 0 heterocycles. The molecular weight excluding hydrogens is 223 g/mol. The first kappa shape index (κ1) is 18.4. The highest BCUT2D eigenvalue weighted by atomic mass is 19.1. The second-order valence-electron chi connectivity index (χ2n) is 2.90. The third-order valence-corrected chi connectivity index (χ3v) is 1.59. The number of ether oxygens (including phenoxy) is 2. The molecule has 0 aliphatic heterocycles. The van der Waals surface area contributed by atoms with Gasteiger partial charge in [0.25, 0.3) is 0 Å². The Morgan fingerprint density at radius 1 is 1.18 bits per heavy atom. The van der Waals surface area contributed by atoms with Crippen LogP contribution in [-0.2, 0) is 9.47 Å². The molecule has 0 fully saturated rings. The minimum Gasteiger partial charge on any atom is -0.388 e. The number of hydrogen-bond acceptors (Lipinski definition) is 3. The van der Waals surface area contributed by atoms with Gasteiger partial charge in [-0.15, -0.1) is 0 Å². The molecule has 100 valence electrons. The molecule has 1 unspecified atom stereocenters. The monoisotopic (exact) mass is 246 g/mol. The van der Waals surface area contributed by atoms with Gasteiger partial charge in [-0.2, -0.15) is 0 Å². The zero-order valence-corrected chi connectivity index (χ0v) is 11.2. The fourth-order valence-corrected chi connectivity index (χ4v) is 0.993. The molecule has 1 atom stereocenters. The van der Waals surface area contributed by atoms with Crippen LogP contribution in [0.15, 0.2) is 24.3 Å². The van der Waals surface area contributed by atoms with Crippen LogP contribution in [0, 0.1) is 5.82 Å². The standard InChI is InChI=1S/C9H11FO2.C2H6O.C2H6/c1-12-6-9(11)7-4-2-3-5-8(7)10;1-3-2;1-2/h2-5,9,11H,6H2,1H3;1-2H3;1-2H3. The molecule has 1 N–H and O–H groups in total. The van der Waals surface area contributed by atoms with Crippen LogP contribution in [0.4, 0.5) is 4.39 Å². The van der Waals surface area contributed by atoms with Gasteiger partial charge in [0.15, 0.2) is 0 Å². The Bertz CT molecular complexity index is 267. The van der Waals surface area contributed by atoms with Gasteiger partial charge in [0, 0.05) is 26.9 Å². The molecule has 0 saturated carbocycles. The molecule has 0 bridgehead atoms. The van der Waals surface area contributed by atoms with E-state index in [1.807, 2.05) is 13.8 Å². The largest absolute Gasteiger partial charge is 0.388 e. The van der Waals surface area contributed by atoms with Crippen LogP contribution in [0.1, 0.15) is 25.5 Å². The van der Waals surface area contributed by atoms with Crippen molar-refractivity contribution in [1.29, 1.82) is 0 Å². The Labute approximate surface area is 103 Å². The molecule has 17 heavy (non-hydrogen) atoms. The number of halogens is 1.